The number of para-hydroxylation sites is 1. The van der Waals surface area contributed by atoms with Crippen LogP contribution in [-0.4, -0.2) is 6.21 Å². The monoisotopic (exact) mass is 174 g/mol. The zero-order valence-electron chi connectivity index (χ0n) is 8.07. The van der Waals surface area contributed by atoms with Crippen LogP contribution in [0.3, 0.4) is 0 Å². The predicted molar refractivity (Wildman–Crippen MR) is 58.0 cm³/mol. The fourth-order valence-electron chi connectivity index (χ4n) is 1.15. The molecule has 2 heteroatoms. The summed E-state index contributed by atoms with van der Waals surface area (Å²) < 4.78 is 0. The number of benzene rings is 1. The van der Waals surface area contributed by atoms with Crippen molar-refractivity contribution in [2.24, 2.45) is 5.10 Å². The van der Waals surface area contributed by atoms with Crippen LogP contribution in [-0.2, 0) is 0 Å². The lowest BCUT2D eigenvalue weighted by atomic mass is 10.2. The van der Waals surface area contributed by atoms with E-state index in [9.17, 15) is 0 Å². The van der Waals surface area contributed by atoms with Crippen molar-refractivity contribution in [1.29, 1.82) is 0 Å². The van der Waals surface area contributed by atoms with E-state index in [-0.39, 0.29) is 0 Å². The van der Waals surface area contributed by atoms with Gasteiger partial charge in [-0.2, -0.15) is 5.10 Å². The van der Waals surface area contributed by atoms with Crippen molar-refractivity contribution in [2.75, 3.05) is 5.01 Å². The van der Waals surface area contributed by atoms with Crippen LogP contribution >= 0.6 is 0 Å². The third kappa shape index (κ3) is 2.18. The van der Waals surface area contributed by atoms with Crippen LogP contribution in [0, 0.1) is 6.92 Å². The van der Waals surface area contributed by atoms with Crippen LogP contribution in [0.15, 0.2) is 42.1 Å². The number of anilines is 1. The highest BCUT2D eigenvalue weighted by atomic mass is 15.4. The molecule has 68 valence electrons. The highest BCUT2D eigenvalue weighted by molar-refractivity contribution is 5.60. The van der Waals surface area contributed by atoms with Gasteiger partial charge in [0.1, 0.15) is 0 Å². The quantitative estimate of drug-likeness (QED) is 0.508. The van der Waals surface area contributed by atoms with Gasteiger partial charge in [-0.15, -0.1) is 0 Å². The lowest BCUT2D eigenvalue weighted by molar-refractivity contribution is 1.07. The SMILES string of the molecule is C=CN(/N=C\C)c1ccccc1C. The normalized spacial score (nSPS) is 10.3. The zero-order valence-corrected chi connectivity index (χ0v) is 8.07. The topological polar surface area (TPSA) is 15.6 Å². The molecule has 0 unspecified atom stereocenters. The Morgan fingerprint density at radius 1 is 1.38 bits per heavy atom. The van der Waals surface area contributed by atoms with E-state index < -0.39 is 0 Å². The summed E-state index contributed by atoms with van der Waals surface area (Å²) in [7, 11) is 0. The average Bonchev–Trinajstić information content (AvgIpc) is 2.16. The fraction of sp³-hybridized carbons (Fsp3) is 0.182. The van der Waals surface area contributed by atoms with Crippen molar-refractivity contribution in [3.05, 3.63) is 42.6 Å². The van der Waals surface area contributed by atoms with Gasteiger partial charge in [0.05, 0.1) is 5.69 Å². The van der Waals surface area contributed by atoms with Crippen LogP contribution in [0.1, 0.15) is 12.5 Å². The Bertz CT molecular complexity index is 316. The van der Waals surface area contributed by atoms with Gasteiger partial charge in [0.15, 0.2) is 0 Å². The second-order valence-corrected chi connectivity index (χ2v) is 2.69. The molecule has 0 atom stereocenters. The average molecular weight is 174 g/mol. The lowest BCUT2D eigenvalue weighted by Crippen LogP contribution is -2.07. The second-order valence-electron chi connectivity index (χ2n) is 2.69. The van der Waals surface area contributed by atoms with Gasteiger partial charge in [-0.25, -0.2) is 5.01 Å². The Hall–Kier alpha value is -1.57. The summed E-state index contributed by atoms with van der Waals surface area (Å²) in [6.07, 6.45) is 3.44. The molecule has 0 amide bonds. The van der Waals surface area contributed by atoms with E-state index >= 15 is 0 Å². The minimum Gasteiger partial charge on any atom is -0.242 e. The number of aryl methyl sites for hydroxylation is 1. The molecule has 0 aliphatic heterocycles. The first kappa shape index (κ1) is 9.52. The van der Waals surface area contributed by atoms with Crippen molar-refractivity contribution in [1.82, 2.24) is 0 Å². The smallest absolute Gasteiger partial charge is 0.0674 e. The van der Waals surface area contributed by atoms with Crippen molar-refractivity contribution in [3.8, 4) is 0 Å². The van der Waals surface area contributed by atoms with E-state index in [1.807, 2.05) is 25.1 Å². The van der Waals surface area contributed by atoms with E-state index in [0.29, 0.717) is 0 Å². The van der Waals surface area contributed by atoms with Gasteiger partial charge >= 0.3 is 0 Å². The summed E-state index contributed by atoms with van der Waals surface area (Å²) in [5.74, 6) is 0. The van der Waals surface area contributed by atoms with E-state index in [0.717, 1.165) is 5.69 Å². The highest BCUT2D eigenvalue weighted by Gasteiger charge is 2.01. The Kier molecular flexibility index (Phi) is 3.26. The number of nitrogens with zero attached hydrogens (tertiary/aromatic N) is 2. The molecule has 1 rings (SSSR count). The van der Waals surface area contributed by atoms with Crippen molar-refractivity contribution in [3.63, 3.8) is 0 Å². The number of rotatable bonds is 3. The first-order valence-corrected chi connectivity index (χ1v) is 4.25. The third-order valence-electron chi connectivity index (χ3n) is 1.78. The molecule has 0 radical (unpaired) electrons. The van der Waals surface area contributed by atoms with E-state index in [2.05, 4.69) is 24.7 Å². The van der Waals surface area contributed by atoms with Crippen LogP contribution in [0.4, 0.5) is 5.69 Å². The molecule has 2 nitrogen and oxygen atoms in total. The van der Waals surface area contributed by atoms with Gasteiger partial charge in [-0.1, -0.05) is 24.8 Å². The lowest BCUT2D eigenvalue weighted by Gasteiger charge is -2.15. The van der Waals surface area contributed by atoms with Crippen LogP contribution in [0.2, 0.25) is 0 Å². The van der Waals surface area contributed by atoms with E-state index in [4.69, 9.17) is 0 Å². The van der Waals surface area contributed by atoms with Crippen molar-refractivity contribution in [2.45, 2.75) is 13.8 Å². The van der Waals surface area contributed by atoms with Crippen LogP contribution in [0.25, 0.3) is 0 Å². The van der Waals surface area contributed by atoms with Crippen molar-refractivity contribution >= 4 is 11.9 Å². The maximum absolute atomic E-state index is 4.16. The van der Waals surface area contributed by atoms with Crippen molar-refractivity contribution < 1.29 is 0 Å². The summed E-state index contributed by atoms with van der Waals surface area (Å²) in [5, 5.41) is 5.92. The minimum atomic E-state index is 1.07. The summed E-state index contributed by atoms with van der Waals surface area (Å²) in [4.78, 5) is 0. The van der Waals surface area contributed by atoms with Gasteiger partial charge in [-0.3, -0.25) is 0 Å². The number of hydrogen-bond acceptors (Lipinski definition) is 2. The van der Waals surface area contributed by atoms with Gasteiger partial charge < -0.3 is 0 Å². The Labute approximate surface area is 79.2 Å². The molecule has 0 saturated carbocycles. The predicted octanol–water partition coefficient (Wildman–Crippen LogP) is 2.95. The van der Waals surface area contributed by atoms with E-state index in [1.54, 1.807) is 17.4 Å². The Morgan fingerprint density at radius 2 is 2.08 bits per heavy atom. The van der Waals surface area contributed by atoms with Gasteiger partial charge in [0.2, 0.25) is 0 Å². The summed E-state index contributed by atoms with van der Waals surface area (Å²) in [6, 6.07) is 8.07. The molecule has 0 N–H and O–H groups in total. The molecular formula is C11H14N2. The highest BCUT2D eigenvalue weighted by Crippen LogP contribution is 2.19. The number of hydrazone groups is 1. The molecule has 0 bridgehead atoms. The fourth-order valence-corrected chi connectivity index (χ4v) is 1.15. The molecular weight excluding hydrogens is 160 g/mol. The molecule has 0 saturated heterocycles. The summed E-state index contributed by atoms with van der Waals surface area (Å²) in [5.41, 5.74) is 2.25. The Morgan fingerprint density at radius 3 is 2.62 bits per heavy atom. The third-order valence-corrected chi connectivity index (χ3v) is 1.78. The largest absolute Gasteiger partial charge is 0.242 e. The molecule has 0 spiro atoms. The molecule has 0 aliphatic rings. The van der Waals surface area contributed by atoms with Crippen LogP contribution < -0.4 is 5.01 Å². The molecule has 0 aromatic heterocycles. The first-order valence-electron chi connectivity index (χ1n) is 4.25. The zero-order chi connectivity index (χ0) is 9.68. The summed E-state index contributed by atoms with van der Waals surface area (Å²) >= 11 is 0. The number of hydrogen-bond donors (Lipinski definition) is 0. The van der Waals surface area contributed by atoms with Crippen LogP contribution in [0.5, 0.6) is 0 Å². The van der Waals surface area contributed by atoms with E-state index in [1.165, 1.54) is 5.56 Å². The molecule has 1 aromatic rings. The molecule has 0 fully saturated rings. The first-order chi connectivity index (χ1) is 6.29. The molecule has 0 heterocycles. The molecule has 0 aliphatic carbocycles. The van der Waals surface area contributed by atoms with Gasteiger partial charge in [0, 0.05) is 12.4 Å². The van der Waals surface area contributed by atoms with Gasteiger partial charge in [0.25, 0.3) is 0 Å². The molecule has 1 aromatic carbocycles. The maximum atomic E-state index is 4.16. The second kappa shape index (κ2) is 4.45. The van der Waals surface area contributed by atoms with Gasteiger partial charge in [-0.05, 0) is 25.5 Å². The maximum Gasteiger partial charge on any atom is 0.0674 e. The summed E-state index contributed by atoms with van der Waals surface area (Å²) in [6.45, 7) is 7.65. The molecule has 13 heavy (non-hydrogen) atoms. The minimum absolute atomic E-state index is 1.07. The Balaban J connectivity index is 3.04. The standard InChI is InChI=1S/C11H14N2/c1-4-12-13(5-2)11-9-7-6-8-10(11)3/h4-9H,2H2,1,3H3/b12-4-.